The molecule has 0 saturated heterocycles. The predicted molar refractivity (Wildman–Crippen MR) is 111 cm³/mol. The maximum absolute atomic E-state index is 12.6. The highest BCUT2D eigenvalue weighted by Crippen LogP contribution is 2.25. The van der Waals surface area contributed by atoms with Crippen molar-refractivity contribution < 1.29 is 14.3 Å². The Labute approximate surface area is 166 Å². The summed E-state index contributed by atoms with van der Waals surface area (Å²) < 4.78 is 5.41. The highest BCUT2D eigenvalue weighted by atomic mass is 16.5. The lowest BCUT2D eigenvalue weighted by molar-refractivity contribution is -0.120. The molecule has 3 rings (SSSR count). The van der Waals surface area contributed by atoms with Crippen molar-refractivity contribution >= 4 is 23.2 Å². The van der Waals surface area contributed by atoms with Crippen LogP contribution in [-0.4, -0.2) is 18.4 Å². The van der Waals surface area contributed by atoms with Crippen molar-refractivity contribution in [2.24, 2.45) is 5.92 Å². The molecule has 0 heterocycles. The van der Waals surface area contributed by atoms with Gasteiger partial charge in [-0.15, -0.1) is 0 Å². The van der Waals surface area contributed by atoms with Crippen molar-refractivity contribution in [3.8, 4) is 0 Å². The number of carbonyl (C=O) groups excluding carboxylic acids is 2. The number of nitrogens with one attached hydrogen (secondary N) is 2. The van der Waals surface area contributed by atoms with Crippen molar-refractivity contribution in [2.75, 3.05) is 17.2 Å². The molecule has 1 saturated carbocycles. The molecule has 2 amide bonds. The molecule has 2 N–H and O–H groups in total. The average molecular weight is 380 g/mol. The van der Waals surface area contributed by atoms with Gasteiger partial charge in [-0.25, -0.2) is 0 Å². The molecule has 5 nitrogen and oxygen atoms in total. The van der Waals surface area contributed by atoms with Gasteiger partial charge in [0.05, 0.1) is 6.61 Å². The Morgan fingerprint density at radius 3 is 2.43 bits per heavy atom. The SMILES string of the molecule is CCOCc1cccc(NC(=O)c2cccc(NC(=O)C3CCCCC3)c2)c1. The second-order valence-electron chi connectivity index (χ2n) is 7.20. The molecule has 0 bridgehead atoms. The zero-order valence-corrected chi connectivity index (χ0v) is 16.4. The lowest BCUT2D eigenvalue weighted by atomic mass is 9.88. The zero-order valence-electron chi connectivity index (χ0n) is 16.4. The fourth-order valence-corrected chi connectivity index (χ4v) is 3.51. The lowest BCUT2D eigenvalue weighted by Crippen LogP contribution is -2.24. The standard InChI is InChI=1S/C23H28N2O3/c1-2-28-16-17-8-6-12-20(14-17)24-23(27)19-11-7-13-21(15-19)25-22(26)18-9-4-3-5-10-18/h6-8,11-15,18H,2-5,9-10,16H2,1H3,(H,24,27)(H,25,26). The minimum atomic E-state index is -0.206. The first-order chi connectivity index (χ1) is 13.7. The fourth-order valence-electron chi connectivity index (χ4n) is 3.51. The second kappa shape index (κ2) is 10.0. The topological polar surface area (TPSA) is 67.4 Å². The summed E-state index contributed by atoms with van der Waals surface area (Å²) >= 11 is 0. The van der Waals surface area contributed by atoms with E-state index in [0.717, 1.165) is 36.9 Å². The van der Waals surface area contributed by atoms with Gasteiger partial charge in [-0.2, -0.15) is 0 Å². The Bertz CT molecular complexity index is 813. The molecule has 1 aliphatic rings. The smallest absolute Gasteiger partial charge is 0.255 e. The van der Waals surface area contributed by atoms with E-state index in [1.165, 1.54) is 6.42 Å². The molecule has 148 valence electrons. The Balaban J connectivity index is 1.62. The van der Waals surface area contributed by atoms with E-state index in [1.54, 1.807) is 18.2 Å². The van der Waals surface area contributed by atoms with E-state index in [4.69, 9.17) is 4.74 Å². The molecule has 0 spiro atoms. The number of ether oxygens (including phenoxy) is 1. The van der Waals surface area contributed by atoms with Gasteiger partial charge in [0.2, 0.25) is 5.91 Å². The van der Waals surface area contributed by atoms with Gasteiger partial charge in [0.25, 0.3) is 5.91 Å². The Morgan fingerprint density at radius 2 is 1.68 bits per heavy atom. The first-order valence-electron chi connectivity index (χ1n) is 10.0. The highest BCUT2D eigenvalue weighted by Gasteiger charge is 2.21. The van der Waals surface area contributed by atoms with Gasteiger partial charge in [0.1, 0.15) is 0 Å². The molecule has 5 heteroatoms. The van der Waals surface area contributed by atoms with Crippen LogP contribution in [0.2, 0.25) is 0 Å². The molecule has 0 radical (unpaired) electrons. The third kappa shape index (κ3) is 5.67. The third-order valence-electron chi connectivity index (χ3n) is 5.03. The summed E-state index contributed by atoms with van der Waals surface area (Å²) in [5.41, 5.74) is 2.90. The average Bonchev–Trinajstić information content (AvgIpc) is 2.73. The Kier molecular flexibility index (Phi) is 7.20. The van der Waals surface area contributed by atoms with E-state index in [1.807, 2.05) is 37.3 Å². The van der Waals surface area contributed by atoms with Gasteiger partial charge in [-0.1, -0.05) is 37.5 Å². The van der Waals surface area contributed by atoms with Crippen LogP contribution in [-0.2, 0) is 16.1 Å². The Hall–Kier alpha value is -2.66. The molecule has 0 aromatic heterocycles. The van der Waals surface area contributed by atoms with E-state index < -0.39 is 0 Å². The lowest BCUT2D eigenvalue weighted by Gasteiger charge is -2.20. The van der Waals surface area contributed by atoms with Crippen molar-refractivity contribution in [1.29, 1.82) is 0 Å². The van der Waals surface area contributed by atoms with Crippen LogP contribution in [0, 0.1) is 5.92 Å². The molecule has 2 aromatic rings. The predicted octanol–water partition coefficient (Wildman–Crippen LogP) is 4.99. The largest absolute Gasteiger partial charge is 0.377 e. The number of rotatable bonds is 7. The van der Waals surface area contributed by atoms with Gasteiger partial charge in [-0.05, 0) is 55.7 Å². The molecule has 1 fully saturated rings. The van der Waals surface area contributed by atoms with Gasteiger partial charge < -0.3 is 15.4 Å². The normalized spacial score (nSPS) is 14.5. The minimum Gasteiger partial charge on any atom is -0.377 e. The van der Waals surface area contributed by atoms with Crippen molar-refractivity contribution in [2.45, 2.75) is 45.6 Å². The number of anilines is 2. The van der Waals surface area contributed by atoms with Crippen molar-refractivity contribution in [3.05, 3.63) is 59.7 Å². The molecular weight excluding hydrogens is 352 g/mol. The minimum absolute atomic E-state index is 0.0564. The second-order valence-corrected chi connectivity index (χ2v) is 7.20. The van der Waals surface area contributed by atoms with Crippen LogP contribution in [0.4, 0.5) is 11.4 Å². The van der Waals surface area contributed by atoms with Crippen LogP contribution >= 0.6 is 0 Å². The van der Waals surface area contributed by atoms with E-state index in [9.17, 15) is 9.59 Å². The van der Waals surface area contributed by atoms with Crippen LogP contribution in [0.25, 0.3) is 0 Å². The maximum atomic E-state index is 12.6. The van der Waals surface area contributed by atoms with Gasteiger partial charge >= 0.3 is 0 Å². The van der Waals surface area contributed by atoms with E-state index in [-0.39, 0.29) is 17.7 Å². The van der Waals surface area contributed by atoms with Crippen LogP contribution in [0.5, 0.6) is 0 Å². The first-order valence-corrected chi connectivity index (χ1v) is 10.0. The van der Waals surface area contributed by atoms with Gasteiger partial charge in [0, 0.05) is 29.5 Å². The number of hydrogen-bond donors (Lipinski definition) is 2. The number of carbonyl (C=O) groups is 2. The summed E-state index contributed by atoms with van der Waals surface area (Å²) in [4.78, 5) is 25.1. The van der Waals surface area contributed by atoms with E-state index >= 15 is 0 Å². The van der Waals surface area contributed by atoms with Crippen LogP contribution in [0.1, 0.15) is 54.9 Å². The Morgan fingerprint density at radius 1 is 0.964 bits per heavy atom. The molecule has 1 aliphatic carbocycles. The van der Waals surface area contributed by atoms with Crippen LogP contribution in [0.15, 0.2) is 48.5 Å². The van der Waals surface area contributed by atoms with Gasteiger partial charge in [-0.3, -0.25) is 9.59 Å². The van der Waals surface area contributed by atoms with E-state index in [0.29, 0.717) is 24.5 Å². The summed E-state index contributed by atoms with van der Waals surface area (Å²) in [5.74, 6) is -0.0671. The number of hydrogen-bond acceptors (Lipinski definition) is 3. The monoisotopic (exact) mass is 380 g/mol. The highest BCUT2D eigenvalue weighted by molar-refractivity contribution is 6.05. The third-order valence-corrected chi connectivity index (χ3v) is 5.03. The summed E-state index contributed by atoms with van der Waals surface area (Å²) in [6.45, 7) is 3.12. The number of benzene rings is 2. The van der Waals surface area contributed by atoms with E-state index in [2.05, 4.69) is 10.6 Å². The maximum Gasteiger partial charge on any atom is 0.255 e. The molecular formula is C23H28N2O3. The number of amides is 2. The summed E-state index contributed by atoms with van der Waals surface area (Å²) in [6.07, 6.45) is 5.34. The quantitative estimate of drug-likeness (QED) is 0.711. The van der Waals surface area contributed by atoms with Crippen LogP contribution < -0.4 is 10.6 Å². The zero-order chi connectivity index (χ0) is 19.8. The summed E-state index contributed by atoms with van der Waals surface area (Å²) in [6, 6.07) is 14.7. The van der Waals surface area contributed by atoms with Crippen molar-refractivity contribution in [1.82, 2.24) is 0 Å². The van der Waals surface area contributed by atoms with Crippen molar-refractivity contribution in [3.63, 3.8) is 0 Å². The first kappa shape index (κ1) is 20.1. The molecule has 0 atom stereocenters. The molecule has 0 aliphatic heterocycles. The summed E-state index contributed by atoms with van der Waals surface area (Å²) in [7, 11) is 0. The molecule has 28 heavy (non-hydrogen) atoms. The molecule has 2 aromatic carbocycles. The molecule has 0 unspecified atom stereocenters. The van der Waals surface area contributed by atoms with Crippen LogP contribution in [0.3, 0.4) is 0 Å². The van der Waals surface area contributed by atoms with Gasteiger partial charge in [0.15, 0.2) is 0 Å². The fraction of sp³-hybridized carbons (Fsp3) is 0.391. The summed E-state index contributed by atoms with van der Waals surface area (Å²) in [5, 5.41) is 5.88.